The fraction of sp³-hybridized carbons (Fsp3) is 0.600. The Hall–Kier alpha value is -0.860. The Morgan fingerprint density at radius 1 is 1.29 bits per heavy atom. The Bertz CT molecular complexity index is 323. The molecule has 2 unspecified atom stereocenters. The summed E-state index contributed by atoms with van der Waals surface area (Å²) in [5.41, 5.74) is 7.20. The van der Waals surface area contributed by atoms with Gasteiger partial charge in [0.15, 0.2) is 0 Å². The van der Waals surface area contributed by atoms with Crippen molar-refractivity contribution in [3.8, 4) is 0 Å². The molecule has 2 rings (SSSR count). The molecule has 0 bridgehead atoms. The highest BCUT2D eigenvalue weighted by atomic mass is 15.2. The minimum absolute atomic E-state index is 0.567. The van der Waals surface area contributed by atoms with Gasteiger partial charge in [-0.15, -0.1) is 0 Å². The second-order valence-corrected chi connectivity index (χ2v) is 5.23. The normalized spacial score (nSPS) is 26.7. The molecule has 2 atom stereocenters. The Morgan fingerprint density at radius 3 is 2.76 bits per heavy atom. The molecule has 1 saturated heterocycles. The molecule has 0 aliphatic carbocycles. The summed E-state index contributed by atoms with van der Waals surface area (Å²) in [4.78, 5) is 2.57. The Labute approximate surface area is 105 Å². The van der Waals surface area contributed by atoms with Crippen molar-refractivity contribution in [2.24, 2.45) is 11.7 Å². The fourth-order valence-corrected chi connectivity index (χ4v) is 2.90. The zero-order valence-corrected chi connectivity index (χ0v) is 10.8. The molecule has 1 aromatic carbocycles. The van der Waals surface area contributed by atoms with Crippen molar-refractivity contribution in [1.29, 1.82) is 0 Å². The second-order valence-electron chi connectivity index (χ2n) is 5.23. The number of hydrogen-bond donors (Lipinski definition) is 1. The van der Waals surface area contributed by atoms with Crippen LogP contribution in [0.3, 0.4) is 0 Å². The maximum atomic E-state index is 5.74. The van der Waals surface area contributed by atoms with Gasteiger partial charge in [0.2, 0.25) is 0 Å². The first-order valence-electron chi connectivity index (χ1n) is 6.80. The first kappa shape index (κ1) is 12.6. The minimum Gasteiger partial charge on any atom is -0.329 e. The van der Waals surface area contributed by atoms with E-state index in [-0.39, 0.29) is 0 Å². The van der Waals surface area contributed by atoms with Gasteiger partial charge in [-0.2, -0.15) is 0 Å². The third-order valence-electron chi connectivity index (χ3n) is 3.81. The van der Waals surface area contributed by atoms with Crippen LogP contribution in [0, 0.1) is 5.92 Å². The van der Waals surface area contributed by atoms with Gasteiger partial charge in [-0.3, -0.25) is 4.90 Å². The SMILES string of the molecule is CC1CCCN(CCN)C(c2ccccc2)C1. The summed E-state index contributed by atoms with van der Waals surface area (Å²) in [7, 11) is 0. The van der Waals surface area contributed by atoms with Crippen LogP contribution in [0.5, 0.6) is 0 Å². The third-order valence-corrected chi connectivity index (χ3v) is 3.81. The fourth-order valence-electron chi connectivity index (χ4n) is 2.90. The van der Waals surface area contributed by atoms with Crippen molar-refractivity contribution in [2.75, 3.05) is 19.6 Å². The number of likely N-dealkylation sites (tertiary alicyclic amines) is 1. The molecule has 2 N–H and O–H groups in total. The summed E-state index contributed by atoms with van der Waals surface area (Å²) in [6.07, 6.45) is 3.93. The van der Waals surface area contributed by atoms with E-state index >= 15 is 0 Å². The Kier molecular flexibility index (Phi) is 4.57. The molecule has 0 aromatic heterocycles. The zero-order chi connectivity index (χ0) is 12.1. The van der Waals surface area contributed by atoms with E-state index in [0.29, 0.717) is 6.04 Å². The molecule has 1 heterocycles. The third kappa shape index (κ3) is 3.30. The maximum Gasteiger partial charge on any atom is 0.0351 e. The van der Waals surface area contributed by atoms with E-state index in [0.717, 1.165) is 19.0 Å². The summed E-state index contributed by atoms with van der Waals surface area (Å²) < 4.78 is 0. The van der Waals surface area contributed by atoms with Gasteiger partial charge < -0.3 is 5.73 Å². The van der Waals surface area contributed by atoms with E-state index < -0.39 is 0 Å². The zero-order valence-electron chi connectivity index (χ0n) is 10.8. The summed E-state index contributed by atoms with van der Waals surface area (Å²) >= 11 is 0. The molecule has 0 saturated carbocycles. The molecule has 2 nitrogen and oxygen atoms in total. The lowest BCUT2D eigenvalue weighted by atomic mass is 9.94. The highest BCUT2D eigenvalue weighted by Crippen LogP contribution is 2.32. The molecular formula is C15H24N2. The van der Waals surface area contributed by atoms with Gasteiger partial charge in [0.1, 0.15) is 0 Å². The van der Waals surface area contributed by atoms with Crippen LogP contribution in [-0.2, 0) is 0 Å². The average Bonchev–Trinajstić information content (AvgIpc) is 2.53. The van der Waals surface area contributed by atoms with Gasteiger partial charge in [0, 0.05) is 19.1 Å². The van der Waals surface area contributed by atoms with Crippen LogP contribution in [0.2, 0.25) is 0 Å². The number of benzene rings is 1. The van der Waals surface area contributed by atoms with E-state index in [4.69, 9.17) is 5.73 Å². The van der Waals surface area contributed by atoms with Crippen LogP contribution in [0.4, 0.5) is 0 Å². The van der Waals surface area contributed by atoms with Gasteiger partial charge in [-0.1, -0.05) is 37.3 Å². The van der Waals surface area contributed by atoms with Crippen molar-refractivity contribution in [3.05, 3.63) is 35.9 Å². The van der Waals surface area contributed by atoms with Crippen LogP contribution >= 0.6 is 0 Å². The largest absolute Gasteiger partial charge is 0.329 e. The lowest BCUT2D eigenvalue weighted by molar-refractivity contribution is 0.200. The van der Waals surface area contributed by atoms with E-state index in [1.807, 2.05) is 0 Å². The number of hydrogen-bond acceptors (Lipinski definition) is 2. The summed E-state index contributed by atoms with van der Waals surface area (Å²) in [6.45, 7) is 5.35. The average molecular weight is 232 g/mol. The number of nitrogens with two attached hydrogens (primary N) is 1. The van der Waals surface area contributed by atoms with Gasteiger partial charge >= 0.3 is 0 Å². The lowest BCUT2D eigenvalue weighted by Crippen LogP contribution is -2.33. The van der Waals surface area contributed by atoms with Crippen LogP contribution in [0.25, 0.3) is 0 Å². The second kappa shape index (κ2) is 6.18. The molecule has 1 aliphatic heterocycles. The molecular weight excluding hydrogens is 208 g/mol. The monoisotopic (exact) mass is 232 g/mol. The quantitative estimate of drug-likeness (QED) is 0.868. The van der Waals surface area contributed by atoms with Gasteiger partial charge in [0.05, 0.1) is 0 Å². The molecule has 0 spiro atoms. The van der Waals surface area contributed by atoms with E-state index in [1.165, 1.54) is 31.4 Å². The predicted molar refractivity (Wildman–Crippen MR) is 72.8 cm³/mol. The first-order chi connectivity index (χ1) is 8.31. The van der Waals surface area contributed by atoms with E-state index in [9.17, 15) is 0 Å². The highest BCUT2D eigenvalue weighted by molar-refractivity contribution is 5.19. The van der Waals surface area contributed by atoms with Gasteiger partial charge in [-0.25, -0.2) is 0 Å². The minimum atomic E-state index is 0.567. The smallest absolute Gasteiger partial charge is 0.0351 e. The van der Waals surface area contributed by atoms with Crippen molar-refractivity contribution in [2.45, 2.75) is 32.2 Å². The van der Waals surface area contributed by atoms with Crippen LogP contribution < -0.4 is 5.73 Å². The van der Waals surface area contributed by atoms with Crippen LogP contribution in [0.15, 0.2) is 30.3 Å². The molecule has 17 heavy (non-hydrogen) atoms. The molecule has 1 fully saturated rings. The van der Waals surface area contributed by atoms with Gasteiger partial charge in [-0.05, 0) is 37.3 Å². The Balaban J connectivity index is 2.18. The number of nitrogens with zero attached hydrogens (tertiary/aromatic N) is 1. The predicted octanol–water partition coefficient (Wildman–Crippen LogP) is 2.81. The highest BCUT2D eigenvalue weighted by Gasteiger charge is 2.24. The van der Waals surface area contributed by atoms with Crippen LogP contribution in [-0.4, -0.2) is 24.5 Å². The first-order valence-corrected chi connectivity index (χ1v) is 6.80. The summed E-state index contributed by atoms with van der Waals surface area (Å²) in [5.74, 6) is 0.822. The standard InChI is InChI=1S/C15H24N2/c1-13-6-5-10-17(11-9-16)15(12-13)14-7-3-2-4-8-14/h2-4,7-8,13,15H,5-6,9-12,16H2,1H3. The van der Waals surface area contributed by atoms with Crippen molar-refractivity contribution < 1.29 is 0 Å². The van der Waals surface area contributed by atoms with E-state index in [1.54, 1.807) is 0 Å². The van der Waals surface area contributed by atoms with Gasteiger partial charge in [0.25, 0.3) is 0 Å². The van der Waals surface area contributed by atoms with Crippen molar-refractivity contribution in [3.63, 3.8) is 0 Å². The van der Waals surface area contributed by atoms with Crippen molar-refractivity contribution >= 4 is 0 Å². The summed E-state index contributed by atoms with van der Waals surface area (Å²) in [6, 6.07) is 11.5. The topological polar surface area (TPSA) is 29.3 Å². The molecule has 0 radical (unpaired) electrons. The van der Waals surface area contributed by atoms with E-state index in [2.05, 4.69) is 42.2 Å². The lowest BCUT2D eigenvalue weighted by Gasteiger charge is -2.30. The van der Waals surface area contributed by atoms with Crippen LogP contribution in [0.1, 0.15) is 37.8 Å². The number of rotatable bonds is 3. The molecule has 2 heteroatoms. The van der Waals surface area contributed by atoms with Crippen molar-refractivity contribution in [1.82, 2.24) is 4.90 Å². The molecule has 1 aliphatic rings. The Morgan fingerprint density at radius 2 is 2.06 bits per heavy atom. The summed E-state index contributed by atoms with van der Waals surface area (Å²) in [5, 5.41) is 0. The molecule has 0 amide bonds. The molecule has 1 aromatic rings. The molecule has 94 valence electrons. The maximum absolute atomic E-state index is 5.74.